The van der Waals surface area contributed by atoms with Crippen LogP contribution in [0, 0.1) is 20.2 Å². The van der Waals surface area contributed by atoms with Crippen molar-refractivity contribution >= 4 is 17.3 Å². The molecule has 2 aromatic rings. The predicted octanol–water partition coefficient (Wildman–Crippen LogP) is 3.08. The molecule has 0 bridgehead atoms. The highest BCUT2D eigenvalue weighted by atomic mass is 16.6. The van der Waals surface area contributed by atoms with Crippen molar-refractivity contribution < 1.29 is 14.6 Å². The molecular weight excluding hydrogens is 368 g/mol. The van der Waals surface area contributed by atoms with Crippen LogP contribution in [-0.4, -0.2) is 27.8 Å². The summed E-state index contributed by atoms with van der Waals surface area (Å²) >= 11 is 0. The molecule has 0 saturated carbocycles. The summed E-state index contributed by atoms with van der Waals surface area (Å²) < 4.78 is 0. The van der Waals surface area contributed by atoms with E-state index in [-0.39, 0.29) is 5.56 Å². The van der Waals surface area contributed by atoms with Gasteiger partial charge in [-0.1, -0.05) is 29.4 Å². The Morgan fingerprint density at radius 1 is 1.07 bits per heavy atom. The molecule has 0 aliphatic heterocycles. The first-order valence-electron chi connectivity index (χ1n) is 8.24. The maximum atomic E-state index is 12.6. The standard InChI is InChI=1S/C17H14N6O5/c18-21-20-16-8-11-4-2-1-3-10(11)7-15(16)19-17(24)12-5-13(22(25)26)9-14(6-12)23(27)28/h1-6,9,15-16H,7-8H2,(H,19,24)/t15-,16-/m0/s1. The number of benzene rings is 2. The molecule has 28 heavy (non-hydrogen) atoms. The van der Waals surface area contributed by atoms with E-state index in [1.54, 1.807) is 0 Å². The summed E-state index contributed by atoms with van der Waals surface area (Å²) in [5, 5.41) is 28.5. The van der Waals surface area contributed by atoms with Crippen LogP contribution in [0.25, 0.3) is 10.4 Å². The minimum atomic E-state index is -0.802. The zero-order valence-electron chi connectivity index (χ0n) is 14.4. The van der Waals surface area contributed by atoms with Crippen molar-refractivity contribution in [3.05, 3.63) is 89.8 Å². The van der Waals surface area contributed by atoms with Crippen molar-refractivity contribution in [3.8, 4) is 0 Å². The molecule has 0 unspecified atom stereocenters. The van der Waals surface area contributed by atoms with Crippen LogP contribution in [0.3, 0.4) is 0 Å². The van der Waals surface area contributed by atoms with Gasteiger partial charge in [-0.3, -0.25) is 25.0 Å². The molecule has 2 atom stereocenters. The van der Waals surface area contributed by atoms with Crippen LogP contribution >= 0.6 is 0 Å². The summed E-state index contributed by atoms with van der Waals surface area (Å²) in [7, 11) is 0. The van der Waals surface area contributed by atoms with E-state index in [4.69, 9.17) is 5.53 Å². The summed E-state index contributed by atoms with van der Waals surface area (Å²) in [5.41, 5.74) is 9.50. The summed E-state index contributed by atoms with van der Waals surface area (Å²) in [6, 6.07) is 9.19. The van der Waals surface area contributed by atoms with Crippen LogP contribution in [0.1, 0.15) is 21.5 Å². The van der Waals surface area contributed by atoms with Gasteiger partial charge < -0.3 is 5.32 Å². The lowest BCUT2D eigenvalue weighted by molar-refractivity contribution is -0.394. The van der Waals surface area contributed by atoms with Gasteiger partial charge in [-0.25, -0.2) is 0 Å². The van der Waals surface area contributed by atoms with Crippen LogP contribution in [-0.2, 0) is 12.8 Å². The zero-order chi connectivity index (χ0) is 20.3. The normalized spacial score (nSPS) is 17.7. The molecule has 0 fully saturated rings. The molecule has 1 N–H and O–H groups in total. The van der Waals surface area contributed by atoms with Crippen LogP contribution in [0.4, 0.5) is 11.4 Å². The van der Waals surface area contributed by atoms with Gasteiger partial charge in [0.2, 0.25) is 0 Å². The highest BCUT2D eigenvalue weighted by molar-refractivity contribution is 5.95. The monoisotopic (exact) mass is 382 g/mol. The number of azide groups is 1. The van der Waals surface area contributed by atoms with Gasteiger partial charge in [-0.05, 0) is 29.5 Å². The zero-order valence-corrected chi connectivity index (χ0v) is 14.4. The molecule has 0 radical (unpaired) electrons. The number of hydrogen-bond donors (Lipinski definition) is 1. The minimum absolute atomic E-state index is 0.209. The Balaban J connectivity index is 1.90. The predicted molar refractivity (Wildman–Crippen MR) is 97.8 cm³/mol. The Labute approximate surface area is 157 Å². The topological polar surface area (TPSA) is 164 Å². The number of nitrogens with zero attached hydrogens (tertiary/aromatic N) is 5. The summed E-state index contributed by atoms with van der Waals surface area (Å²) in [5.74, 6) is -0.714. The number of amides is 1. The van der Waals surface area contributed by atoms with Gasteiger partial charge in [0.15, 0.2) is 0 Å². The molecule has 11 heteroatoms. The number of rotatable bonds is 5. The van der Waals surface area contributed by atoms with Crippen molar-refractivity contribution in [2.24, 2.45) is 5.11 Å². The van der Waals surface area contributed by atoms with Crippen LogP contribution < -0.4 is 5.32 Å². The van der Waals surface area contributed by atoms with E-state index >= 15 is 0 Å². The van der Waals surface area contributed by atoms with Gasteiger partial charge in [-0.2, -0.15) is 0 Å². The molecule has 0 spiro atoms. The van der Waals surface area contributed by atoms with Crippen molar-refractivity contribution in [3.63, 3.8) is 0 Å². The summed E-state index contributed by atoms with van der Waals surface area (Å²) in [6.07, 6.45) is 0.836. The molecular formula is C17H14N6O5. The van der Waals surface area contributed by atoms with Gasteiger partial charge in [0.25, 0.3) is 17.3 Å². The number of nitro benzene ring substituents is 2. The van der Waals surface area contributed by atoms with E-state index in [1.165, 1.54) is 0 Å². The van der Waals surface area contributed by atoms with E-state index in [1.807, 2.05) is 24.3 Å². The van der Waals surface area contributed by atoms with Gasteiger partial charge >= 0.3 is 0 Å². The average Bonchev–Trinajstić information content (AvgIpc) is 2.68. The quantitative estimate of drug-likeness (QED) is 0.275. The number of nitrogens with one attached hydrogen (secondary N) is 1. The maximum absolute atomic E-state index is 12.6. The third-order valence-corrected chi connectivity index (χ3v) is 4.55. The second-order valence-electron chi connectivity index (χ2n) is 6.28. The van der Waals surface area contributed by atoms with Crippen molar-refractivity contribution in [2.45, 2.75) is 24.9 Å². The fourth-order valence-corrected chi connectivity index (χ4v) is 3.22. The molecule has 0 aromatic heterocycles. The van der Waals surface area contributed by atoms with Crippen molar-refractivity contribution in [2.75, 3.05) is 0 Å². The molecule has 3 rings (SSSR count). The van der Waals surface area contributed by atoms with Gasteiger partial charge in [0.1, 0.15) is 0 Å². The van der Waals surface area contributed by atoms with Gasteiger partial charge in [0, 0.05) is 23.1 Å². The number of fused-ring (bicyclic) bond motifs is 1. The Morgan fingerprint density at radius 2 is 1.64 bits per heavy atom. The van der Waals surface area contributed by atoms with Crippen LogP contribution in [0.2, 0.25) is 0 Å². The lowest BCUT2D eigenvalue weighted by atomic mass is 9.85. The van der Waals surface area contributed by atoms with E-state index in [9.17, 15) is 25.0 Å². The van der Waals surface area contributed by atoms with E-state index in [0.717, 1.165) is 29.3 Å². The lowest BCUT2D eigenvalue weighted by Gasteiger charge is -2.30. The Bertz CT molecular complexity index is 985. The molecule has 0 saturated heterocycles. The number of carbonyl (C=O) groups is 1. The van der Waals surface area contributed by atoms with Crippen LogP contribution in [0.15, 0.2) is 47.6 Å². The highest BCUT2D eigenvalue weighted by Crippen LogP contribution is 2.26. The Morgan fingerprint density at radius 3 is 2.18 bits per heavy atom. The highest BCUT2D eigenvalue weighted by Gasteiger charge is 2.30. The summed E-state index contributed by atoms with van der Waals surface area (Å²) in [6.45, 7) is 0. The first-order valence-corrected chi connectivity index (χ1v) is 8.24. The summed E-state index contributed by atoms with van der Waals surface area (Å²) in [4.78, 5) is 35.9. The van der Waals surface area contributed by atoms with E-state index in [2.05, 4.69) is 15.3 Å². The van der Waals surface area contributed by atoms with Gasteiger partial charge in [0.05, 0.1) is 27.5 Å². The smallest absolute Gasteiger partial charge is 0.277 e. The first-order chi connectivity index (χ1) is 13.4. The second kappa shape index (κ2) is 7.72. The average molecular weight is 382 g/mol. The molecule has 0 heterocycles. The fraction of sp³-hybridized carbons (Fsp3) is 0.235. The number of carbonyl (C=O) groups excluding carboxylic acids is 1. The maximum Gasteiger partial charge on any atom is 0.277 e. The largest absolute Gasteiger partial charge is 0.349 e. The number of non-ortho nitro benzene ring substituents is 2. The number of hydrogen-bond acceptors (Lipinski definition) is 6. The molecule has 1 aliphatic rings. The molecule has 11 nitrogen and oxygen atoms in total. The van der Waals surface area contributed by atoms with Crippen LogP contribution in [0.5, 0.6) is 0 Å². The Kier molecular flexibility index (Phi) is 5.18. The molecule has 142 valence electrons. The lowest BCUT2D eigenvalue weighted by Crippen LogP contribution is -2.47. The minimum Gasteiger partial charge on any atom is -0.349 e. The number of nitro groups is 2. The molecule has 1 amide bonds. The van der Waals surface area contributed by atoms with E-state index in [0.29, 0.717) is 12.8 Å². The third-order valence-electron chi connectivity index (χ3n) is 4.55. The Hall–Kier alpha value is -3.98. The van der Waals surface area contributed by atoms with Crippen molar-refractivity contribution in [1.82, 2.24) is 5.32 Å². The third kappa shape index (κ3) is 3.89. The molecule has 1 aliphatic carbocycles. The van der Waals surface area contributed by atoms with Gasteiger partial charge in [-0.15, -0.1) is 0 Å². The van der Waals surface area contributed by atoms with E-state index < -0.39 is 39.2 Å². The first kappa shape index (κ1) is 18.8. The molecule has 2 aromatic carbocycles. The fourth-order valence-electron chi connectivity index (χ4n) is 3.22. The SMILES string of the molecule is [N-]=[N+]=N[C@H]1Cc2ccccc2C[C@@H]1NC(=O)c1cc([N+](=O)[O-])cc([N+](=O)[O-])c1. The van der Waals surface area contributed by atoms with Crippen molar-refractivity contribution in [1.29, 1.82) is 0 Å². The second-order valence-corrected chi connectivity index (χ2v) is 6.28.